The Morgan fingerprint density at radius 3 is 2.65 bits per heavy atom. The van der Waals surface area contributed by atoms with E-state index in [0.717, 1.165) is 12.8 Å². The Balaban J connectivity index is 1.51. The Hall–Kier alpha value is -2.08. The molecule has 1 saturated carbocycles. The van der Waals surface area contributed by atoms with E-state index in [1.54, 1.807) is 23.5 Å². The van der Waals surface area contributed by atoms with Gasteiger partial charge in [0.25, 0.3) is 5.91 Å². The lowest BCUT2D eigenvalue weighted by molar-refractivity contribution is -0.120. The van der Waals surface area contributed by atoms with Gasteiger partial charge in [-0.05, 0) is 36.4 Å². The molecule has 0 atom stereocenters. The molecule has 122 valence electrons. The van der Waals surface area contributed by atoms with Gasteiger partial charge < -0.3 is 15.1 Å². The van der Waals surface area contributed by atoms with Crippen LogP contribution in [0.3, 0.4) is 0 Å². The standard InChI is InChI=1S/C17H20N2O3S/c20-15(11-18-16(21)13-5-3-9-22-13)19-12-17(7-1-2-8-17)14-6-4-10-23-14/h3-6,9-10H,1-2,7-8,11-12H2,(H,18,21)(H,19,20). The van der Waals surface area contributed by atoms with E-state index in [4.69, 9.17) is 4.42 Å². The van der Waals surface area contributed by atoms with Crippen LogP contribution in [0.4, 0.5) is 0 Å². The summed E-state index contributed by atoms with van der Waals surface area (Å²) < 4.78 is 4.99. The first-order chi connectivity index (χ1) is 11.2. The van der Waals surface area contributed by atoms with Crippen molar-refractivity contribution in [1.82, 2.24) is 10.6 Å². The van der Waals surface area contributed by atoms with Crippen molar-refractivity contribution in [2.75, 3.05) is 13.1 Å². The second kappa shape index (κ2) is 7.00. The van der Waals surface area contributed by atoms with Gasteiger partial charge in [-0.25, -0.2) is 0 Å². The van der Waals surface area contributed by atoms with Crippen LogP contribution < -0.4 is 10.6 Å². The van der Waals surface area contributed by atoms with Crippen LogP contribution in [0.1, 0.15) is 41.1 Å². The lowest BCUT2D eigenvalue weighted by atomic mass is 9.84. The van der Waals surface area contributed by atoms with Gasteiger partial charge in [0.2, 0.25) is 5.91 Å². The Labute approximate surface area is 139 Å². The highest BCUT2D eigenvalue weighted by atomic mass is 32.1. The van der Waals surface area contributed by atoms with Gasteiger partial charge in [0.15, 0.2) is 5.76 Å². The van der Waals surface area contributed by atoms with Crippen LogP contribution >= 0.6 is 11.3 Å². The van der Waals surface area contributed by atoms with Crippen LogP contribution in [0.25, 0.3) is 0 Å². The van der Waals surface area contributed by atoms with Gasteiger partial charge >= 0.3 is 0 Å². The zero-order chi connectivity index (χ0) is 16.1. The van der Waals surface area contributed by atoms with Crippen LogP contribution in [0.5, 0.6) is 0 Å². The Morgan fingerprint density at radius 1 is 1.17 bits per heavy atom. The fourth-order valence-corrected chi connectivity index (χ4v) is 4.12. The molecule has 2 amide bonds. The van der Waals surface area contributed by atoms with Crippen LogP contribution in [-0.2, 0) is 10.2 Å². The maximum absolute atomic E-state index is 12.0. The monoisotopic (exact) mass is 332 g/mol. The molecule has 0 aliphatic heterocycles. The Bertz CT molecular complexity index is 643. The molecule has 3 rings (SSSR count). The predicted molar refractivity (Wildman–Crippen MR) is 88.5 cm³/mol. The number of thiophene rings is 1. The first kappa shape index (κ1) is 15.8. The zero-order valence-corrected chi connectivity index (χ0v) is 13.7. The summed E-state index contributed by atoms with van der Waals surface area (Å²) in [5, 5.41) is 7.63. The molecule has 1 aliphatic rings. The molecule has 2 N–H and O–H groups in total. The highest BCUT2D eigenvalue weighted by molar-refractivity contribution is 7.10. The first-order valence-corrected chi connectivity index (χ1v) is 8.70. The van der Waals surface area contributed by atoms with Gasteiger partial charge in [-0.2, -0.15) is 0 Å². The maximum atomic E-state index is 12.0. The molecule has 1 aliphatic carbocycles. The number of furan rings is 1. The molecule has 0 aromatic carbocycles. The number of rotatable bonds is 6. The molecule has 6 heteroatoms. The third-order valence-corrected chi connectivity index (χ3v) is 5.50. The third kappa shape index (κ3) is 3.64. The molecule has 2 aromatic rings. The molecule has 2 aromatic heterocycles. The van der Waals surface area contributed by atoms with E-state index >= 15 is 0 Å². The van der Waals surface area contributed by atoms with Crippen molar-refractivity contribution in [2.45, 2.75) is 31.1 Å². The molecule has 5 nitrogen and oxygen atoms in total. The molecule has 23 heavy (non-hydrogen) atoms. The smallest absolute Gasteiger partial charge is 0.287 e. The number of carbonyl (C=O) groups is 2. The average molecular weight is 332 g/mol. The van der Waals surface area contributed by atoms with Gasteiger partial charge in [-0.1, -0.05) is 18.9 Å². The molecule has 2 heterocycles. The Kier molecular flexibility index (Phi) is 4.81. The fraction of sp³-hybridized carbons (Fsp3) is 0.412. The molecule has 0 unspecified atom stereocenters. The summed E-state index contributed by atoms with van der Waals surface area (Å²) in [6.45, 7) is 0.586. The van der Waals surface area contributed by atoms with E-state index in [1.807, 2.05) is 0 Å². The van der Waals surface area contributed by atoms with Crippen LogP contribution in [0.15, 0.2) is 40.3 Å². The van der Waals surface area contributed by atoms with Crippen molar-refractivity contribution in [3.63, 3.8) is 0 Å². The summed E-state index contributed by atoms with van der Waals surface area (Å²) in [5.41, 5.74) is 0.0643. The molecule has 0 saturated heterocycles. The minimum absolute atomic E-state index is 0.0416. The minimum Gasteiger partial charge on any atom is -0.459 e. The lowest BCUT2D eigenvalue weighted by Gasteiger charge is -2.28. The SMILES string of the molecule is O=C(CNC(=O)c1ccco1)NCC1(c2cccs2)CCCC1. The summed E-state index contributed by atoms with van der Waals surface area (Å²) in [5.74, 6) is -0.338. The third-order valence-electron chi connectivity index (χ3n) is 4.38. The second-order valence-corrected chi connectivity index (χ2v) is 6.85. The van der Waals surface area contributed by atoms with E-state index in [9.17, 15) is 9.59 Å². The van der Waals surface area contributed by atoms with Gasteiger partial charge in [0, 0.05) is 16.8 Å². The first-order valence-electron chi connectivity index (χ1n) is 7.82. The summed E-state index contributed by atoms with van der Waals surface area (Å²) in [6.07, 6.45) is 6.03. The summed E-state index contributed by atoms with van der Waals surface area (Å²) in [6, 6.07) is 7.42. The zero-order valence-electron chi connectivity index (χ0n) is 12.8. The number of carbonyl (C=O) groups excluding carboxylic acids is 2. The van der Waals surface area contributed by atoms with Crippen molar-refractivity contribution in [2.24, 2.45) is 0 Å². The van der Waals surface area contributed by atoms with Crippen molar-refractivity contribution < 1.29 is 14.0 Å². The second-order valence-electron chi connectivity index (χ2n) is 5.90. The number of hydrogen-bond acceptors (Lipinski definition) is 4. The number of amides is 2. The number of nitrogens with one attached hydrogen (secondary N) is 2. The molecular weight excluding hydrogens is 312 g/mol. The lowest BCUT2D eigenvalue weighted by Crippen LogP contribution is -2.43. The van der Waals surface area contributed by atoms with Gasteiger partial charge in [-0.3, -0.25) is 9.59 Å². The van der Waals surface area contributed by atoms with E-state index in [1.165, 1.54) is 24.0 Å². The largest absolute Gasteiger partial charge is 0.459 e. The quantitative estimate of drug-likeness (QED) is 0.854. The Morgan fingerprint density at radius 2 is 2.00 bits per heavy atom. The van der Waals surface area contributed by atoms with Gasteiger partial charge in [0.05, 0.1) is 12.8 Å². The molecule has 0 radical (unpaired) electrons. The molecule has 0 bridgehead atoms. The number of hydrogen-bond donors (Lipinski definition) is 2. The highest BCUT2D eigenvalue weighted by Crippen LogP contribution is 2.42. The fourth-order valence-electron chi connectivity index (χ4n) is 3.13. The predicted octanol–water partition coefficient (Wildman–Crippen LogP) is 2.70. The van der Waals surface area contributed by atoms with Crippen LogP contribution in [0.2, 0.25) is 0 Å². The maximum Gasteiger partial charge on any atom is 0.287 e. The van der Waals surface area contributed by atoms with Crippen molar-refractivity contribution in [3.8, 4) is 0 Å². The van der Waals surface area contributed by atoms with Crippen LogP contribution in [-0.4, -0.2) is 24.9 Å². The van der Waals surface area contributed by atoms with E-state index in [2.05, 4.69) is 28.1 Å². The highest BCUT2D eigenvalue weighted by Gasteiger charge is 2.36. The van der Waals surface area contributed by atoms with E-state index in [-0.39, 0.29) is 29.5 Å². The van der Waals surface area contributed by atoms with Crippen LogP contribution in [0, 0.1) is 0 Å². The minimum atomic E-state index is -0.376. The topological polar surface area (TPSA) is 71.3 Å². The van der Waals surface area contributed by atoms with Crippen molar-refractivity contribution >= 4 is 23.2 Å². The summed E-state index contributed by atoms with van der Waals surface area (Å²) in [4.78, 5) is 25.1. The summed E-state index contributed by atoms with van der Waals surface area (Å²) >= 11 is 1.75. The average Bonchev–Trinajstić information content (AvgIpc) is 3.32. The van der Waals surface area contributed by atoms with Gasteiger partial charge in [-0.15, -0.1) is 11.3 Å². The van der Waals surface area contributed by atoms with Gasteiger partial charge in [0.1, 0.15) is 0 Å². The molecule has 0 spiro atoms. The van der Waals surface area contributed by atoms with E-state index in [0.29, 0.717) is 6.54 Å². The normalized spacial score (nSPS) is 16.2. The summed E-state index contributed by atoms with van der Waals surface area (Å²) in [7, 11) is 0. The van der Waals surface area contributed by atoms with Crippen molar-refractivity contribution in [1.29, 1.82) is 0 Å². The van der Waals surface area contributed by atoms with E-state index < -0.39 is 0 Å². The molecular formula is C17H20N2O3S. The molecule has 1 fully saturated rings. The van der Waals surface area contributed by atoms with Crippen molar-refractivity contribution in [3.05, 3.63) is 46.5 Å².